The van der Waals surface area contributed by atoms with E-state index in [0.717, 1.165) is 16.6 Å². The Labute approximate surface area is 192 Å². The van der Waals surface area contributed by atoms with E-state index in [0.29, 0.717) is 31.0 Å². The van der Waals surface area contributed by atoms with E-state index in [-0.39, 0.29) is 24.6 Å². The SMILES string of the molecule is CCOC(=O)CN=C1CCCC(N(C)S(=O)(=O)c2cc(C(C)C)cc(C(F)(F)F)c2)C1C=N. The summed E-state index contributed by atoms with van der Waals surface area (Å²) < 4.78 is 72.9. The van der Waals surface area contributed by atoms with Gasteiger partial charge in [-0.2, -0.15) is 17.5 Å². The van der Waals surface area contributed by atoms with E-state index in [2.05, 4.69) is 4.99 Å². The lowest BCUT2D eigenvalue weighted by Gasteiger charge is -2.36. The molecule has 1 aliphatic rings. The average molecular weight is 490 g/mol. The molecule has 0 saturated heterocycles. The van der Waals surface area contributed by atoms with Crippen molar-refractivity contribution in [3.05, 3.63) is 29.3 Å². The van der Waals surface area contributed by atoms with E-state index in [9.17, 15) is 26.4 Å². The second-order valence-electron chi connectivity index (χ2n) is 8.23. The van der Waals surface area contributed by atoms with Crippen LogP contribution in [0.4, 0.5) is 13.2 Å². The van der Waals surface area contributed by atoms with Crippen molar-refractivity contribution in [2.75, 3.05) is 20.2 Å². The molecule has 33 heavy (non-hydrogen) atoms. The maximum absolute atomic E-state index is 13.4. The highest BCUT2D eigenvalue weighted by molar-refractivity contribution is 7.89. The first-order chi connectivity index (χ1) is 15.3. The van der Waals surface area contributed by atoms with Crippen LogP contribution < -0.4 is 0 Å². The summed E-state index contributed by atoms with van der Waals surface area (Å²) in [6, 6.07) is 2.17. The third-order valence-electron chi connectivity index (χ3n) is 5.70. The minimum absolute atomic E-state index is 0.205. The van der Waals surface area contributed by atoms with E-state index < -0.39 is 44.6 Å². The van der Waals surface area contributed by atoms with Gasteiger partial charge in [-0.05, 0) is 55.9 Å². The number of rotatable bonds is 8. The first kappa shape index (κ1) is 27.0. The molecule has 1 aromatic rings. The summed E-state index contributed by atoms with van der Waals surface area (Å²) in [5.74, 6) is -1.53. The van der Waals surface area contributed by atoms with Gasteiger partial charge in [0.25, 0.3) is 0 Å². The normalized spacial score (nSPS) is 20.9. The third kappa shape index (κ3) is 6.41. The lowest BCUT2D eigenvalue weighted by molar-refractivity contribution is -0.141. The van der Waals surface area contributed by atoms with Crippen molar-refractivity contribution >= 4 is 27.9 Å². The number of hydrogen-bond donors (Lipinski definition) is 1. The monoisotopic (exact) mass is 489 g/mol. The number of alkyl halides is 3. The molecule has 2 atom stereocenters. The second-order valence-corrected chi connectivity index (χ2v) is 10.2. The summed E-state index contributed by atoms with van der Waals surface area (Å²) in [5, 5.41) is 7.84. The van der Waals surface area contributed by atoms with Crippen molar-refractivity contribution in [1.29, 1.82) is 5.41 Å². The van der Waals surface area contributed by atoms with Crippen molar-refractivity contribution in [2.45, 2.75) is 63.1 Å². The van der Waals surface area contributed by atoms with Gasteiger partial charge in [0.2, 0.25) is 10.0 Å². The molecule has 0 amide bonds. The van der Waals surface area contributed by atoms with Crippen LogP contribution in [0.25, 0.3) is 0 Å². The summed E-state index contributed by atoms with van der Waals surface area (Å²) in [7, 11) is -2.99. The predicted octanol–water partition coefficient (Wildman–Crippen LogP) is 4.27. The standard InChI is InChI=1S/C22H30F3N3O4S/c1-5-32-21(29)13-27-19-7-6-8-20(18(19)12-26)28(4)33(30,31)17-10-15(14(2)3)9-16(11-17)22(23,24)25/h9-12,14,18,20,26H,5-8,13H2,1-4H3. The number of aliphatic imine (C=N–C) groups is 1. The van der Waals surface area contributed by atoms with E-state index in [1.165, 1.54) is 13.1 Å². The Bertz CT molecular complexity index is 1010. The molecule has 0 aromatic heterocycles. The fourth-order valence-corrected chi connectivity index (χ4v) is 5.33. The Morgan fingerprint density at radius 2 is 2.00 bits per heavy atom. The molecule has 11 heteroatoms. The van der Waals surface area contributed by atoms with Gasteiger partial charge in [-0.15, -0.1) is 0 Å². The molecular formula is C22H30F3N3O4S. The van der Waals surface area contributed by atoms with Gasteiger partial charge in [-0.25, -0.2) is 8.42 Å². The summed E-state index contributed by atoms with van der Waals surface area (Å²) in [4.78, 5) is 15.5. The number of halogens is 3. The van der Waals surface area contributed by atoms with Crippen LogP contribution in [0.2, 0.25) is 0 Å². The van der Waals surface area contributed by atoms with Crippen LogP contribution in [0.5, 0.6) is 0 Å². The van der Waals surface area contributed by atoms with Gasteiger partial charge in [0, 0.05) is 30.9 Å². The number of carbonyl (C=O) groups is 1. The van der Waals surface area contributed by atoms with E-state index in [1.54, 1.807) is 20.8 Å². The number of ether oxygens (including phenoxy) is 1. The van der Waals surface area contributed by atoms with E-state index in [4.69, 9.17) is 10.1 Å². The first-order valence-electron chi connectivity index (χ1n) is 10.7. The molecule has 7 nitrogen and oxygen atoms in total. The van der Waals surface area contributed by atoms with Crippen molar-refractivity contribution in [3.8, 4) is 0 Å². The number of sulfonamides is 1. The number of esters is 1. The zero-order valence-corrected chi connectivity index (χ0v) is 20.0. The Morgan fingerprint density at radius 3 is 2.55 bits per heavy atom. The molecule has 0 radical (unpaired) electrons. The molecule has 0 aliphatic heterocycles. The maximum Gasteiger partial charge on any atom is 0.416 e. The minimum Gasteiger partial charge on any atom is -0.465 e. The molecule has 1 saturated carbocycles. The second kappa shape index (κ2) is 10.8. The molecule has 1 aliphatic carbocycles. The van der Waals surface area contributed by atoms with Crippen molar-refractivity contribution < 1.29 is 31.1 Å². The number of benzene rings is 1. The molecule has 184 valence electrons. The summed E-state index contributed by atoms with van der Waals surface area (Å²) >= 11 is 0. The Balaban J connectivity index is 2.43. The highest BCUT2D eigenvalue weighted by atomic mass is 32.2. The van der Waals surface area contributed by atoms with E-state index in [1.807, 2.05) is 0 Å². The highest BCUT2D eigenvalue weighted by Gasteiger charge is 2.39. The van der Waals surface area contributed by atoms with Crippen molar-refractivity contribution in [3.63, 3.8) is 0 Å². The highest BCUT2D eigenvalue weighted by Crippen LogP contribution is 2.35. The van der Waals surface area contributed by atoms with Crippen LogP contribution in [-0.4, -0.2) is 56.9 Å². The Kier molecular flexibility index (Phi) is 8.81. The third-order valence-corrected chi connectivity index (χ3v) is 7.56. The van der Waals surface area contributed by atoms with Gasteiger partial charge >= 0.3 is 12.1 Å². The molecular weight excluding hydrogens is 459 g/mol. The minimum atomic E-state index is -4.69. The molecule has 0 spiro atoms. The Morgan fingerprint density at radius 1 is 1.33 bits per heavy atom. The van der Waals surface area contributed by atoms with Crippen molar-refractivity contribution in [2.24, 2.45) is 10.9 Å². The lowest BCUT2D eigenvalue weighted by Crippen LogP contribution is -2.47. The number of nitrogens with zero attached hydrogens (tertiary/aromatic N) is 2. The van der Waals surface area contributed by atoms with E-state index >= 15 is 0 Å². The fraction of sp³-hybridized carbons (Fsp3) is 0.591. The van der Waals surface area contributed by atoms with Crippen LogP contribution in [0.3, 0.4) is 0 Å². The smallest absolute Gasteiger partial charge is 0.416 e. The van der Waals surface area contributed by atoms with Crippen LogP contribution in [-0.2, 0) is 25.7 Å². The zero-order valence-electron chi connectivity index (χ0n) is 19.1. The Hall–Kier alpha value is -2.27. The van der Waals surface area contributed by atoms with Gasteiger partial charge in [0.15, 0.2) is 0 Å². The van der Waals surface area contributed by atoms with Gasteiger partial charge in [-0.1, -0.05) is 13.8 Å². The molecule has 0 bridgehead atoms. The number of nitrogens with one attached hydrogen (secondary N) is 1. The van der Waals surface area contributed by atoms with Gasteiger partial charge in [0.05, 0.1) is 17.1 Å². The lowest BCUT2D eigenvalue weighted by atomic mass is 9.83. The average Bonchev–Trinajstić information content (AvgIpc) is 2.75. The molecule has 0 heterocycles. The quantitative estimate of drug-likeness (QED) is 0.435. The molecule has 2 rings (SSSR count). The maximum atomic E-state index is 13.4. The first-order valence-corrected chi connectivity index (χ1v) is 12.2. The van der Waals surface area contributed by atoms with Crippen LogP contribution in [0.15, 0.2) is 28.1 Å². The number of carbonyl (C=O) groups excluding carboxylic acids is 1. The van der Waals surface area contributed by atoms with Crippen LogP contribution in [0, 0.1) is 11.3 Å². The summed E-state index contributed by atoms with van der Waals surface area (Å²) in [6.07, 6.45) is -2.15. The zero-order chi connectivity index (χ0) is 25.0. The topological polar surface area (TPSA) is 99.9 Å². The van der Waals surface area contributed by atoms with Gasteiger partial charge in [0.1, 0.15) is 6.54 Å². The molecule has 1 aromatic carbocycles. The summed E-state index contributed by atoms with van der Waals surface area (Å²) in [6.45, 7) is 5.02. The van der Waals surface area contributed by atoms with Crippen LogP contribution >= 0.6 is 0 Å². The number of hydrogen-bond acceptors (Lipinski definition) is 6. The fourth-order valence-electron chi connectivity index (χ4n) is 3.85. The van der Waals surface area contributed by atoms with Crippen LogP contribution in [0.1, 0.15) is 57.1 Å². The largest absolute Gasteiger partial charge is 0.465 e. The van der Waals surface area contributed by atoms with Gasteiger partial charge < -0.3 is 10.1 Å². The molecule has 1 fully saturated rings. The van der Waals surface area contributed by atoms with Gasteiger partial charge in [-0.3, -0.25) is 9.79 Å². The summed E-state index contributed by atoms with van der Waals surface area (Å²) in [5.41, 5.74) is -0.256. The molecule has 1 N–H and O–H groups in total. The predicted molar refractivity (Wildman–Crippen MR) is 119 cm³/mol. The van der Waals surface area contributed by atoms with Crippen molar-refractivity contribution in [1.82, 2.24) is 4.31 Å². The molecule has 2 unspecified atom stereocenters.